The lowest BCUT2D eigenvalue weighted by atomic mass is 10.2. The summed E-state index contributed by atoms with van der Waals surface area (Å²) < 4.78 is 35.3. The van der Waals surface area contributed by atoms with Crippen molar-refractivity contribution in [3.05, 3.63) is 29.8 Å². The fourth-order valence-corrected chi connectivity index (χ4v) is 0.830. The Morgan fingerprint density at radius 2 is 2.00 bits per heavy atom. The van der Waals surface area contributed by atoms with Crippen LogP contribution < -0.4 is 5.32 Å². The number of nitriles is 1. The van der Waals surface area contributed by atoms with E-state index in [2.05, 4.69) is 0 Å². The van der Waals surface area contributed by atoms with E-state index in [4.69, 9.17) is 5.26 Å². The van der Waals surface area contributed by atoms with Crippen LogP contribution in [-0.4, -0.2) is 6.30 Å². The molecular weight excluding hydrogens is 181 g/mol. The Labute approximate surface area is 72.6 Å². The zero-order chi connectivity index (χ0) is 9.90. The van der Waals surface area contributed by atoms with Crippen molar-refractivity contribution in [2.24, 2.45) is 0 Å². The minimum atomic E-state index is -4.46. The molecule has 0 amide bonds. The van der Waals surface area contributed by atoms with Crippen LogP contribution in [0.25, 0.3) is 0 Å². The molecule has 0 spiro atoms. The van der Waals surface area contributed by atoms with Gasteiger partial charge >= 0.3 is 6.30 Å². The maximum Gasteiger partial charge on any atom is 0.482 e. The van der Waals surface area contributed by atoms with E-state index in [-0.39, 0.29) is 11.3 Å². The molecule has 0 aliphatic heterocycles. The fourth-order valence-electron chi connectivity index (χ4n) is 0.830. The van der Waals surface area contributed by atoms with Crippen LogP contribution in [0, 0.1) is 11.3 Å². The third-order valence-electron chi connectivity index (χ3n) is 1.28. The van der Waals surface area contributed by atoms with Crippen LogP contribution >= 0.6 is 0 Å². The molecule has 0 saturated heterocycles. The molecule has 0 aromatic heterocycles. The molecule has 0 radical (unpaired) electrons. The molecule has 1 aromatic rings. The fraction of sp³-hybridized carbons (Fsp3) is 0.125. The van der Waals surface area contributed by atoms with Gasteiger partial charge in [-0.2, -0.15) is 18.4 Å². The second kappa shape index (κ2) is 3.35. The summed E-state index contributed by atoms with van der Waals surface area (Å²) in [5.41, 5.74) is 0.0563. The van der Waals surface area contributed by atoms with Gasteiger partial charge in [0.05, 0.1) is 11.6 Å². The molecule has 0 aliphatic carbocycles. The first-order valence-corrected chi connectivity index (χ1v) is 3.36. The van der Waals surface area contributed by atoms with Crippen molar-refractivity contribution in [1.82, 2.24) is 0 Å². The van der Waals surface area contributed by atoms with E-state index in [0.717, 1.165) is 6.07 Å². The van der Waals surface area contributed by atoms with Gasteiger partial charge in [-0.3, -0.25) is 5.32 Å². The maximum atomic E-state index is 11.8. The Balaban J connectivity index is 2.86. The summed E-state index contributed by atoms with van der Waals surface area (Å²) in [6, 6.07) is 6.94. The summed E-state index contributed by atoms with van der Waals surface area (Å²) in [5, 5.41) is 9.71. The number of nitrogens with zero attached hydrogens (tertiary/aromatic N) is 1. The van der Waals surface area contributed by atoms with Crippen LogP contribution in [0.1, 0.15) is 5.56 Å². The first-order valence-electron chi connectivity index (χ1n) is 3.36. The van der Waals surface area contributed by atoms with Gasteiger partial charge in [0, 0.05) is 5.69 Å². The number of rotatable bonds is 1. The summed E-state index contributed by atoms with van der Waals surface area (Å²) in [6.45, 7) is 0. The van der Waals surface area contributed by atoms with Crippen LogP contribution in [-0.2, 0) is 0 Å². The van der Waals surface area contributed by atoms with Gasteiger partial charge in [-0.15, -0.1) is 0 Å². The van der Waals surface area contributed by atoms with Gasteiger partial charge in [0.1, 0.15) is 0 Å². The molecule has 0 atom stereocenters. The predicted molar refractivity (Wildman–Crippen MR) is 40.8 cm³/mol. The molecule has 0 unspecified atom stereocenters. The Kier molecular flexibility index (Phi) is 2.42. The zero-order valence-electron chi connectivity index (χ0n) is 6.39. The summed E-state index contributed by atoms with van der Waals surface area (Å²) in [4.78, 5) is 0. The van der Waals surface area contributed by atoms with Crippen molar-refractivity contribution >= 4 is 5.69 Å². The molecule has 0 aliphatic rings. The van der Waals surface area contributed by atoms with Crippen molar-refractivity contribution in [3.63, 3.8) is 0 Å². The van der Waals surface area contributed by atoms with Gasteiger partial charge in [0.2, 0.25) is 0 Å². The number of halogens is 3. The minimum absolute atomic E-state index is 0.133. The van der Waals surface area contributed by atoms with E-state index in [1.165, 1.54) is 23.5 Å². The SMILES string of the molecule is N#Cc1cccc(NC(F)(F)F)c1. The van der Waals surface area contributed by atoms with E-state index in [1.54, 1.807) is 6.07 Å². The molecule has 5 heteroatoms. The molecule has 1 N–H and O–H groups in total. The van der Waals surface area contributed by atoms with Gasteiger partial charge in [-0.05, 0) is 18.2 Å². The zero-order valence-corrected chi connectivity index (χ0v) is 6.39. The third-order valence-corrected chi connectivity index (χ3v) is 1.28. The minimum Gasteiger partial charge on any atom is -0.297 e. The second-order valence-corrected chi connectivity index (χ2v) is 2.32. The molecule has 0 heterocycles. The van der Waals surface area contributed by atoms with Gasteiger partial charge in [-0.25, -0.2) is 0 Å². The molecule has 0 saturated carbocycles. The van der Waals surface area contributed by atoms with Crippen LogP contribution in [0.15, 0.2) is 24.3 Å². The second-order valence-electron chi connectivity index (χ2n) is 2.32. The lowest BCUT2D eigenvalue weighted by Gasteiger charge is -2.09. The van der Waals surface area contributed by atoms with E-state index in [9.17, 15) is 13.2 Å². The van der Waals surface area contributed by atoms with E-state index in [1.807, 2.05) is 0 Å². The molecule has 68 valence electrons. The number of benzene rings is 1. The summed E-state index contributed by atoms with van der Waals surface area (Å²) >= 11 is 0. The molecule has 13 heavy (non-hydrogen) atoms. The van der Waals surface area contributed by atoms with E-state index < -0.39 is 6.30 Å². The van der Waals surface area contributed by atoms with Gasteiger partial charge in [0.15, 0.2) is 0 Å². The summed E-state index contributed by atoms with van der Waals surface area (Å²) in [5.74, 6) is 0. The summed E-state index contributed by atoms with van der Waals surface area (Å²) in [6.07, 6.45) is -4.46. The number of alkyl halides is 3. The van der Waals surface area contributed by atoms with Crippen LogP contribution in [0.5, 0.6) is 0 Å². The highest BCUT2D eigenvalue weighted by Gasteiger charge is 2.26. The Bertz CT molecular complexity index is 338. The number of nitrogens with one attached hydrogen (secondary N) is 1. The number of hydrogen-bond donors (Lipinski definition) is 1. The highest BCUT2D eigenvalue weighted by Crippen LogP contribution is 2.19. The average Bonchev–Trinajstić information content (AvgIpc) is 2.01. The normalized spacial score (nSPS) is 10.6. The number of hydrogen-bond acceptors (Lipinski definition) is 2. The Morgan fingerprint density at radius 1 is 1.31 bits per heavy atom. The van der Waals surface area contributed by atoms with Crippen LogP contribution in [0.3, 0.4) is 0 Å². The molecule has 0 fully saturated rings. The van der Waals surface area contributed by atoms with Gasteiger partial charge in [0.25, 0.3) is 0 Å². The standard InChI is InChI=1S/C8H5F3N2/c9-8(10,11)13-7-3-1-2-6(4-7)5-12/h1-4,13H. The first-order chi connectivity index (χ1) is 6.01. The quantitative estimate of drug-likeness (QED) is 0.684. The molecule has 1 aromatic carbocycles. The van der Waals surface area contributed by atoms with Crippen molar-refractivity contribution in [3.8, 4) is 6.07 Å². The average molecular weight is 186 g/mol. The third kappa shape index (κ3) is 3.03. The van der Waals surface area contributed by atoms with Crippen molar-refractivity contribution < 1.29 is 13.2 Å². The Hall–Kier alpha value is -1.70. The van der Waals surface area contributed by atoms with Crippen LogP contribution in [0.4, 0.5) is 18.9 Å². The van der Waals surface area contributed by atoms with Gasteiger partial charge < -0.3 is 0 Å². The Morgan fingerprint density at radius 3 is 2.54 bits per heavy atom. The largest absolute Gasteiger partial charge is 0.482 e. The molecule has 1 rings (SSSR count). The monoisotopic (exact) mass is 186 g/mol. The molecule has 2 nitrogen and oxygen atoms in total. The first kappa shape index (κ1) is 9.39. The summed E-state index contributed by atoms with van der Waals surface area (Å²) in [7, 11) is 0. The lowest BCUT2D eigenvalue weighted by Crippen LogP contribution is -2.20. The highest BCUT2D eigenvalue weighted by molar-refractivity contribution is 5.49. The highest BCUT2D eigenvalue weighted by atomic mass is 19.4. The maximum absolute atomic E-state index is 11.8. The molecule has 0 bridgehead atoms. The molecular formula is C8H5F3N2. The number of anilines is 1. The lowest BCUT2D eigenvalue weighted by molar-refractivity contribution is -0.0999. The van der Waals surface area contributed by atoms with E-state index in [0.29, 0.717) is 0 Å². The smallest absolute Gasteiger partial charge is 0.297 e. The van der Waals surface area contributed by atoms with Crippen molar-refractivity contribution in [1.29, 1.82) is 5.26 Å². The van der Waals surface area contributed by atoms with Crippen molar-refractivity contribution in [2.75, 3.05) is 5.32 Å². The van der Waals surface area contributed by atoms with Gasteiger partial charge in [-0.1, -0.05) is 6.07 Å². The van der Waals surface area contributed by atoms with Crippen LogP contribution in [0.2, 0.25) is 0 Å². The van der Waals surface area contributed by atoms with E-state index >= 15 is 0 Å². The topological polar surface area (TPSA) is 35.8 Å². The van der Waals surface area contributed by atoms with Crippen molar-refractivity contribution in [2.45, 2.75) is 6.30 Å². The predicted octanol–water partition coefficient (Wildman–Crippen LogP) is 2.49.